The van der Waals surface area contributed by atoms with E-state index >= 15 is 0 Å². The molecular weight excluding hydrogens is 792 g/mol. The first-order valence-corrected chi connectivity index (χ1v) is 21.9. The second-order valence-corrected chi connectivity index (χ2v) is 19.0. The zero-order chi connectivity index (χ0) is 42.2. The first kappa shape index (κ1) is 42.8. The van der Waals surface area contributed by atoms with Gasteiger partial charge < -0.3 is 50.0 Å². The van der Waals surface area contributed by atoms with Gasteiger partial charge in [-0.2, -0.15) is 0 Å². The predicted octanol–water partition coefficient (Wildman–Crippen LogP) is 5.27. The Morgan fingerprint density at radius 3 is 2.45 bits per heavy atom. The minimum absolute atomic E-state index is 0.0306. The van der Waals surface area contributed by atoms with E-state index in [1.165, 1.54) is 34.4 Å². The van der Waals surface area contributed by atoms with E-state index in [-0.39, 0.29) is 37.3 Å². The van der Waals surface area contributed by atoms with Gasteiger partial charge in [-0.15, -0.1) is 17.9 Å². The highest BCUT2D eigenvalue weighted by atomic mass is 32.1. The minimum atomic E-state index is -4.48. The summed E-state index contributed by atoms with van der Waals surface area (Å²) < 4.78 is 29.2. The van der Waals surface area contributed by atoms with Crippen LogP contribution in [0.15, 0.2) is 42.3 Å². The fourth-order valence-electron chi connectivity index (χ4n) is 7.36. The van der Waals surface area contributed by atoms with Gasteiger partial charge in [0.25, 0.3) is 0 Å². The number of likely N-dealkylation sites (tertiary alicyclic amines) is 1. The number of anilines is 1. The molecule has 6 N–H and O–H groups in total. The van der Waals surface area contributed by atoms with Crippen LogP contribution in [0.4, 0.5) is 9.93 Å². The van der Waals surface area contributed by atoms with Gasteiger partial charge in [0.1, 0.15) is 47.0 Å². The summed E-state index contributed by atoms with van der Waals surface area (Å²) in [6.07, 6.45) is 2.31. The van der Waals surface area contributed by atoms with Crippen molar-refractivity contribution in [1.82, 2.24) is 25.5 Å². The minimum Gasteiger partial charge on any atom is -0.488 e. The number of carbonyl (C=O) groups is 4. The molecule has 6 rings (SSSR count). The Morgan fingerprint density at radius 2 is 1.83 bits per heavy atom. The molecule has 2 aliphatic carbocycles. The van der Waals surface area contributed by atoms with Gasteiger partial charge in [0.2, 0.25) is 11.8 Å². The lowest BCUT2D eigenvalue weighted by molar-refractivity contribution is -0.146. The number of hydrogen-bond acceptors (Lipinski definition) is 12. The van der Waals surface area contributed by atoms with Gasteiger partial charge in [-0.25, -0.2) is 19.6 Å². The van der Waals surface area contributed by atoms with Crippen molar-refractivity contribution in [2.24, 2.45) is 11.3 Å². The number of amides is 3. The second-order valence-electron chi connectivity index (χ2n) is 16.5. The topological polar surface area (TPSA) is 239 Å². The van der Waals surface area contributed by atoms with Crippen molar-refractivity contribution in [3.05, 3.63) is 42.3 Å². The number of rotatable bonds is 15. The van der Waals surface area contributed by atoms with Crippen LogP contribution in [0.3, 0.4) is 0 Å². The van der Waals surface area contributed by atoms with Crippen molar-refractivity contribution in [2.75, 3.05) is 18.2 Å². The van der Waals surface area contributed by atoms with Crippen LogP contribution < -0.4 is 25.4 Å². The molecule has 1 aromatic carbocycles. The number of carbonyl (C=O) groups excluding carboxylic acids is 3. The molecule has 314 valence electrons. The van der Waals surface area contributed by atoms with E-state index in [9.17, 15) is 38.6 Å². The molecular formula is C39H51N6O11PS. The normalized spacial score (nSPS) is 22.7. The van der Waals surface area contributed by atoms with E-state index in [0.717, 1.165) is 25.7 Å². The van der Waals surface area contributed by atoms with Crippen LogP contribution >= 0.6 is 18.9 Å². The van der Waals surface area contributed by atoms with Crippen LogP contribution in [-0.2, 0) is 23.7 Å². The maximum Gasteiger partial charge on any atom is 0.408 e. The van der Waals surface area contributed by atoms with E-state index in [4.69, 9.17) is 19.2 Å². The van der Waals surface area contributed by atoms with Crippen molar-refractivity contribution in [3.8, 4) is 22.9 Å². The largest absolute Gasteiger partial charge is 0.488 e. The predicted molar refractivity (Wildman–Crippen MR) is 216 cm³/mol. The number of carboxylic acid groups (broad SMARTS) is 1. The summed E-state index contributed by atoms with van der Waals surface area (Å²) in [6.45, 7) is 12.9. The molecule has 0 spiro atoms. The van der Waals surface area contributed by atoms with Crippen LogP contribution in [-0.4, -0.2) is 102 Å². The third kappa shape index (κ3) is 9.91. The molecule has 1 aliphatic heterocycles. The molecule has 0 radical (unpaired) electrons. The van der Waals surface area contributed by atoms with Crippen molar-refractivity contribution in [3.63, 3.8) is 0 Å². The van der Waals surface area contributed by atoms with Gasteiger partial charge in [0, 0.05) is 41.3 Å². The number of alkyl carbamates (subject to hydrolysis) is 1. The highest BCUT2D eigenvalue weighted by molar-refractivity contribution is 7.51. The quantitative estimate of drug-likeness (QED) is 0.0845. The number of aliphatic carboxylic acids is 1. The maximum atomic E-state index is 14.6. The molecule has 1 saturated heterocycles. The van der Waals surface area contributed by atoms with Gasteiger partial charge in [-0.3, -0.25) is 14.2 Å². The number of thiazole rings is 1. The number of nitrogens with zero attached hydrogens (tertiary/aromatic N) is 3. The van der Waals surface area contributed by atoms with E-state index in [2.05, 4.69) is 27.5 Å². The van der Waals surface area contributed by atoms with Crippen LogP contribution in [0.25, 0.3) is 22.3 Å². The average molecular weight is 843 g/mol. The number of pyridine rings is 1. The lowest BCUT2D eigenvalue weighted by Crippen LogP contribution is -2.59. The van der Waals surface area contributed by atoms with Gasteiger partial charge in [-0.1, -0.05) is 26.8 Å². The number of aromatic nitrogens is 2. The Balaban J connectivity index is 1.34. The number of ether oxygens (including phenoxy) is 3. The summed E-state index contributed by atoms with van der Waals surface area (Å²) in [5, 5.41) is 21.8. The first-order valence-electron chi connectivity index (χ1n) is 19.2. The molecule has 58 heavy (non-hydrogen) atoms. The molecule has 3 heterocycles. The molecule has 19 heteroatoms. The second kappa shape index (κ2) is 16.8. The number of nitrogens with one attached hydrogen (secondary N) is 3. The Labute approximate surface area is 340 Å². The summed E-state index contributed by atoms with van der Waals surface area (Å²) >= 11 is 1.38. The number of benzene rings is 1. The summed E-state index contributed by atoms with van der Waals surface area (Å²) in [4.78, 5) is 83.8. The highest BCUT2D eigenvalue weighted by Gasteiger charge is 2.61. The number of carboxylic acids is 1. The van der Waals surface area contributed by atoms with Gasteiger partial charge in [0.05, 0.1) is 17.8 Å². The Hall–Kier alpha value is -4.77. The van der Waals surface area contributed by atoms with Gasteiger partial charge >= 0.3 is 19.7 Å². The third-order valence-corrected chi connectivity index (χ3v) is 11.7. The lowest BCUT2D eigenvalue weighted by Gasteiger charge is -2.35. The summed E-state index contributed by atoms with van der Waals surface area (Å²) in [5.41, 5.74) is -1.11. The summed E-state index contributed by atoms with van der Waals surface area (Å²) in [7, 11) is -4.48. The Bertz CT molecular complexity index is 2110. The third-order valence-electron chi connectivity index (χ3n) is 10.4. The standard InChI is InChI=1S/C39H51N6O11PS/c1-7-22-17-39(22,35(48)49)44-33(46)30-15-25(18-45(30)34(47)32(38(4,5)6)43-37(50)56-23-10-8-9-11-23)55-31-16-28(29-19-58-36(42-29)40-21(2)3)41-27-14-24(12-13-26(27)31)54-20-57(51,52)53/h7,12-14,16,19,21-23,25,30,32H,1,8-11,15,17-18,20H2,2-6H3,(H,40,42)(H,43,50)(H,44,46)(H,48,49)(H2,51,52,53)/t22-,25-,30+,32-,39-/m1/s1. The zero-order valence-corrected chi connectivity index (χ0v) is 34.8. The van der Waals surface area contributed by atoms with E-state index in [1.807, 2.05) is 19.2 Å². The Kier molecular flexibility index (Phi) is 12.4. The van der Waals surface area contributed by atoms with E-state index in [0.29, 0.717) is 33.2 Å². The first-order chi connectivity index (χ1) is 27.3. The van der Waals surface area contributed by atoms with Crippen LogP contribution in [0.2, 0.25) is 0 Å². The smallest absolute Gasteiger partial charge is 0.408 e. The number of fused-ring (bicyclic) bond motifs is 1. The lowest BCUT2D eigenvalue weighted by atomic mass is 9.85. The van der Waals surface area contributed by atoms with Crippen molar-refractivity contribution in [2.45, 2.75) is 109 Å². The van der Waals surface area contributed by atoms with Crippen LogP contribution in [0.5, 0.6) is 11.5 Å². The van der Waals surface area contributed by atoms with Gasteiger partial charge in [-0.05, 0) is 63.5 Å². The molecule has 3 amide bonds. The molecule has 5 atom stereocenters. The van der Waals surface area contributed by atoms with Crippen LogP contribution in [0, 0.1) is 11.3 Å². The number of hydrogen-bond donors (Lipinski definition) is 6. The van der Waals surface area contributed by atoms with E-state index in [1.54, 1.807) is 32.9 Å². The molecule has 3 aromatic rings. The van der Waals surface area contributed by atoms with Crippen molar-refractivity contribution in [1.29, 1.82) is 0 Å². The van der Waals surface area contributed by atoms with Crippen molar-refractivity contribution < 1.29 is 52.8 Å². The zero-order valence-electron chi connectivity index (χ0n) is 33.1. The SMILES string of the molecule is C=C[C@@H]1C[C@]1(NC(=O)[C@@H]1C[C@@H](Oc2cc(-c3csc(NC(C)C)n3)nc3cc(OCP(=O)(O)O)ccc23)CN1C(=O)[C@@H](NC(=O)OC1CCCC1)C(C)(C)C)C(=O)O. The van der Waals surface area contributed by atoms with Crippen LogP contribution in [0.1, 0.15) is 73.1 Å². The molecule has 0 bridgehead atoms. The molecule has 3 fully saturated rings. The summed E-state index contributed by atoms with van der Waals surface area (Å²) in [5.74, 6) is -2.51. The molecule has 0 unspecified atom stereocenters. The molecule has 3 aliphatic rings. The average Bonchev–Trinajstić information content (AvgIpc) is 3.55. The monoisotopic (exact) mass is 842 g/mol. The molecule has 17 nitrogen and oxygen atoms in total. The highest BCUT2D eigenvalue weighted by Crippen LogP contribution is 2.45. The fraction of sp³-hybridized carbons (Fsp3) is 0.538. The maximum absolute atomic E-state index is 14.6. The summed E-state index contributed by atoms with van der Waals surface area (Å²) in [6, 6.07) is 4.16. The van der Waals surface area contributed by atoms with Crippen molar-refractivity contribution >= 4 is 58.8 Å². The Morgan fingerprint density at radius 1 is 1.10 bits per heavy atom. The molecule has 2 aromatic heterocycles. The van der Waals surface area contributed by atoms with Gasteiger partial charge in [0.15, 0.2) is 11.5 Å². The molecule has 2 saturated carbocycles. The van der Waals surface area contributed by atoms with E-state index < -0.39 is 72.9 Å². The fourth-order valence-corrected chi connectivity index (χ4v) is 8.52.